The molecule has 7 heteroatoms. The minimum atomic E-state index is -0.336. The Kier molecular flexibility index (Phi) is 4.13. The molecule has 3 heterocycles. The molecule has 0 amide bonds. The van der Waals surface area contributed by atoms with Gasteiger partial charge in [-0.15, -0.1) is 0 Å². The summed E-state index contributed by atoms with van der Waals surface area (Å²) in [5, 5.41) is 0. The van der Waals surface area contributed by atoms with Crippen LogP contribution in [-0.2, 0) is 6.42 Å². The van der Waals surface area contributed by atoms with Crippen LogP contribution in [0.1, 0.15) is 24.6 Å². The smallest absolute Gasteiger partial charge is 0.316 e. The molecule has 0 N–H and O–H groups in total. The second kappa shape index (κ2) is 6.21. The molecule has 2 aromatic rings. The van der Waals surface area contributed by atoms with Crippen LogP contribution in [0.25, 0.3) is 0 Å². The Balaban J connectivity index is 1.68. The molecule has 0 aromatic carbocycles. The van der Waals surface area contributed by atoms with E-state index in [1.165, 1.54) is 6.33 Å². The maximum absolute atomic E-state index is 14.3. The van der Waals surface area contributed by atoms with E-state index in [4.69, 9.17) is 4.74 Å². The average Bonchev–Trinajstić information content (AvgIpc) is 2.98. The minimum absolute atomic E-state index is 0.0675. The van der Waals surface area contributed by atoms with Gasteiger partial charge in [-0.2, -0.15) is 0 Å². The second-order valence-electron chi connectivity index (χ2n) is 5.33. The molecule has 22 heavy (non-hydrogen) atoms. The van der Waals surface area contributed by atoms with Crippen LogP contribution >= 0.6 is 0 Å². The van der Waals surface area contributed by atoms with Crippen LogP contribution in [-0.4, -0.2) is 39.1 Å². The Bertz CT molecular complexity index is 649. The van der Waals surface area contributed by atoms with Gasteiger partial charge < -0.3 is 9.64 Å². The highest BCUT2D eigenvalue weighted by Crippen LogP contribution is 2.24. The highest BCUT2D eigenvalue weighted by Gasteiger charge is 2.28. The van der Waals surface area contributed by atoms with E-state index in [2.05, 4.69) is 19.9 Å². The van der Waals surface area contributed by atoms with Crippen LogP contribution in [0.3, 0.4) is 0 Å². The molecule has 6 nitrogen and oxygen atoms in total. The van der Waals surface area contributed by atoms with E-state index in [9.17, 15) is 4.39 Å². The molecule has 1 aliphatic rings. The standard InChI is InChI=1S/C15H18FN5O/c1-3-12-13(16)14(20-9-19-12)21-5-4-11(8-21)22-15-17-6-10(2)7-18-15/h6-7,9,11H,3-5,8H2,1-2H3. The summed E-state index contributed by atoms with van der Waals surface area (Å²) in [7, 11) is 0. The van der Waals surface area contributed by atoms with Crippen molar-refractivity contribution in [3.8, 4) is 6.01 Å². The molecule has 0 spiro atoms. The molecule has 0 radical (unpaired) electrons. The van der Waals surface area contributed by atoms with Crippen LogP contribution in [0.15, 0.2) is 18.7 Å². The lowest BCUT2D eigenvalue weighted by atomic mass is 10.3. The molecule has 0 aliphatic carbocycles. The molecule has 0 bridgehead atoms. The van der Waals surface area contributed by atoms with Gasteiger partial charge in [-0.1, -0.05) is 6.92 Å². The van der Waals surface area contributed by atoms with Gasteiger partial charge in [-0.05, 0) is 18.9 Å². The van der Waals surface area contributed by atoms with Gasteiger partial charge >= 0.3 is 6.01 Å². The van der Waals surface area contributed by atoms with E-state index in [-0.39, 0.29) is 11.9 Å². The third kappa shape index (κ3) is 2.98. The number of halogens is 1. The number of aromatic nitrogens is 4. The van der Waals surface area contributed by atoms with Crippen LogP contribution in [0.5, 0.6) is 6.01 Å². The molecule has 3 rings (SSSR count). The highest BCUT2D eigenvalue weighted by molar-refractivity contribution is 5.42. The number of ether oxygens (including phenoxy) is 1. The van der Waals surface area contributed by atoms with Crippen molar-refractivity contribution in [3.63, 3.8) is 0 Å². The zero-order chi connectivity index (χ0) is 15.5. The summed E-state index contributed by atoms with van der Waals surface area (Å²) in [4.78, 5) is 18.2. The fourth-order valence-electron chi connectivity index (χ4n) is 2.47. The molecule has 1 atom stereocenters. The first-order valence-electron chi connectivity index (χ1n) is 7.37. The summed E-state index contributed by atoms with van der Waals surface area (Å²) in [6.45, 7) is 5.05. The quantitative estimate of drug-likeness (QED) is 0.860. The molecule has 0 saturated carbocycles. The van der Waals surface area contributed by atoms with Crippen molar-refractivity contribution in [1.82, 2.24) is 19.9 Å². The predicted molar refractivity (Wildman–Crippen MR) is 79.4 cm³/mol. The lowest BCUT2D eigenvalue weighted by Crippen LogP contribution is -2.27. The number of anilines is 1. The molecule has 116 valence electrons. The summed E-state index contributed by atoms with van der Waals surface area (Å²) in [6, 6.07) is 0.356. The number of nitrogens with zero attached hydrogens (tertiary/aromatic N) is 5. The van der Waals surface area contributed by atoms with Crippen molar-refractivity contribution in [1.29, 1.82) is 0 Å². The van der Waals surface area contributed by atoms with Gasteiger partial charge in [0.1, 0.15) is 12.4 Å². The number of aryl methyl sites for hydroxylation is 2. The zero-order valence-corrected chi connectivity index (χ0v) is 12.7. The Hall–Kier alpha value is -2.31. The SMILES string of the molecule is CCc1ncnc(N2CCC(Oc3ncc(C)cn3)C2)c1F. The number of hydrogen-bond donors (Lipinski definition) is 0. The monoisotopic (exact) mass is 303 g/mol. The van der Waals surface area contributed by atoms with E-state index < -0.39 is 0 Å². The van der Waals surface area contributed by atoms with Crippen molar-refractivity contribution in [2.75, 3.05) is 18.0 Å². The molecular weight excluding hydrogens is 285 g/mol. The van der Waals surface area contributed by atoms with Gasteiger partial charge in [-0.3, -0.25) is 0 Å². The fraction of sp³-hybridized carbons (Fsp3) is 0.467. The van der Waals surface area contributed by atoms with Gasteiger partial charge in [0, 0.05) is 25.4 Å². The van der Waals surface area contributed by atoms with E-state index in [1.54, 1.807) is 12.4 Å². The van der Waals surface area contributed by atoms with Crippen molar-refractivity contribution in [2.45, 2.75) is 32.8 Å². The Morgan fingerprint density at radius 3 is 2.77 bits per heavy atom. The average molecular weight is 303 g/mol. The van der Waals surface area contributed by atoms with Gasteiger partial charge in [-0.25, -0.2) is 24.3 Å². The summed E-state index contributed by atoms with van der Waals surface area (Å²) in [6.07, 6.45) is 6.10. The van der Waals surface area contributed by atoms with Crippen molar-refractivity contribution in [3.05, 3.63) is 35.8 Å². The van der Waals surface area contributed by atoms with E-state index in [0.29, 0.717) is 37.0 Å². The van der Waals surface area contributed by atoms with Crippen LogP contribution < -0.4 is 9.64 Å². The first kappa shape index (κ1) is 14.6. The first-order valence-corrected chi connectivity index (χ1v) is 7.37. The van der Waals surface area contributed by atoms with E-state index in [1.807, 2.05) is 18.7 Å². The predicted octanol–water partition coefficient (Wildman–Crippen LogP) is 1.93. The number of hydrogen-bond acceptors (Lipinski definition) is 6. The molecule has 2 aromatic heterocycles. The number of rotatable bonds is 4. The highest BCUT2D eigenvalue weighted by atomic mass is 19.1. The molecule has 1 unspecified atom stereocenters. The van der Waals surface area contributed by atoms with Gasteiger partial charge in [0.2, 0.25) is 0 Å². The topological polar surface area (TPSA) is 64.0 Å². The van der Waals surface area contributed by atoms with Crippen molar-refractivity contribution < 1.29 is 9.13 Å². The Morgan fingerprint density at radius 1 is 1.27 bits per heavy atom. The largest absolute Gasteiger partial charge is 0.458 e. The van der Waals surface area contributed by atoms with E-state index in [0.717, 1.165) is 12.0 Å². The first-order chi connectivity index (χ1) is 10.7. The van der Waals surface area contributed by atoms with Gasteiger partial charge in [0.25, 0.3) is 0 Å². The summed E-state index contributed by atoms with van der Waals surface area (Å²) in [5.74, 6) is 0.0139. The maximum atomic E-state index is 14.3. The third-order valence-electron chi connectivity index (χ3n) is 3.65. The fourth-order valence-corrected chi connectivity index (χ4v) is 2.47. The third-order valence-corrected chi connectivity index (χ3v) is 3.65. The normalized spacial score (nSPS) is 17.8. The van der Waals surface area contributed by atoms with E-state index >= 15 is 0 Å². The molecule has 1 aliphatic heterocycles. The Morgan fingerprint density at radius 2 is 2.05 bits per heavy atom. The lowest BCUT2D eigenvalue weighted by Gasteiger charge is -2.18. The summed E-state index contributed by atoms with van der Waals surface area (Å²) >= 11 is 0. The molecular formula is C15H18FN5O. The Labute approximate surface area is 128 Å². The lowest BCUT2D eigenvalue weighted by molar-refractivity contribution is 0.206. The van der Waals surface area contributed by atoms with Crippen LogP contribution in [0, 0.1) is 12.7 Å². The van der Waals surface area contributed by atoms with Crippen LogP contribution in [0.4, 0.5) is 10.2 Å². The van der Waals surface area contributed by atoms with Crippen molar-refractivity contribution >= 4 is 5.82 Å². The molecule has 1 saturated heterocycles. The van der Waals surface area contributed by atoms with Gasteiger partial charge in [0.05, 0.1) is 12.2 Å². The maximum Gasteiger partial charge on any atom is 0.316 e. The van der Waals surface area contributed by atoms with Crippen molar-refractivity contribution in [2.24, 2.45) is 0 Å². The summed E-state index contributed by atoms with van der Waals surface area (Å²) in [5.41, 5.74) is 1.42. The summed E-state index contributed by atoms with van der Waals surface area (Å²) < 4.78 is 20.0. The van der Waals surface area contributed by atoms with Crippen LogP contribution in [0.2, 0.25) is 0 Å². The minimum Gasteiger partial charge on any atom is -0.458 e. The molecule has 1 fully saturated rings. The second-order valence-corrected chi connectivity index (χ2v) is 5.33. The van der Waals surface area contributed by atoms with Gasteiger partial charge in [0.15, 0.2) is 11.6 Å². The zero-order valence-electron chi connectivity index (χ0n) is 12.7.